The Hall–Kier alpha value is -3.71. The predicted octanol–water partition coefficient (Wildman–Crippen LogP) is 5.41. The Balaban J connectivity index is 1.38. The van der Waals surface area contributed by atoms with Crippen LogP contribution in [0.15, 0.2) is 82.1 Å². The lowest BCUT2D eigenvalue weighted by molar-refractivity contribution is 0.302. The average Bonchev–Trinajstić information content (AvgIpc) is 3.30. The maximum absolute atomic E-state index is 9.60. The summed E-state index contributed by atoms with van der Waals surface area (Å²) in [6.07, 6.45) is 7.23. The molecular formula is C24H19N3O3S. The summed E-state index contributed by atoms with van der Waals surface area (Å²) in [6.45, 7) is 0.583. The minimum Gasteiger partial charge on any atom is -0.494 e. The first-order valence-corrected chi connectivity index (χ1v) is 10.8. The van der Waals surface area contributed by atoms with E-state index >= 15 is 0 Å². The van der Waals surface area contributed by atoms with Crippen LogP contribution in [0, 0.1) is 0 Å². The van der Waals surface area contributed by atoms with Gasteiger partial charge in [-0.1, -0.05) is 5.16 Å². The van der Waals surface area contributed by atoms with Crippen LogP contribution in [0.1, 0.15) is 12.0 Å². The molecule has 0 radical (unpaired) electrons. The van der Waals surface area contributed by atoms with Crippen LogP contribution in [0.2, 0.25) is 0 Å². The van der Waals surface area contributed by atoms with Crippen molar-refractivity contribution < 1.29 is 14.4 Å². The van der Waals surface area contributed by atoms with Crippen LogP contribution < -0.4 is 10.1 Å². The Morgan fingerprint density at radius 1 is 1.06 bits per heavy atom. The molecule has 0 fully saturated rings. The number of hydrogen-bond donors (Lipinski definition) is 1. The van der Waals surface area contributed by atoms with Crippen LogP contribution in [-0.2, 0) is 6.42 Å². The quantitative estimate of drug-likeness (QED) is 0.222. The fourth-order valence-corrected chi connectivity index (χ4v) is 4.25. The van der Waals surface area contributed by atoms with Gasteiger partial charge in [0.1, 0.15) is 22.4 Å². The number of rotatable bonds is 6. The summed E-state index contributed by atoms with van der Waals surface area (Å²) in [4.78, 5) is 8.51. The molecule has 7 heteroatoms. The van der Waals surface area contributed by atoms with E-state index < -0.39 is 0 Å². The molecule has 1 N–H and O–H groups in total. The molecule has 0 spiro atoms. The van der Waals surface area contributed by atoms with Gasteiger partial charge in [-0.05, 0) is 66.2 Å². The molecule has 4 aromatic heterocycles. The molecule has 154 valence electrons. The second kappa shape index (κ2) is 8.57. The molecular weight excluding hydrogens is 410 g/mol. The maximum atomic E-state index is 9.60. The van der Waals surface area contributed by atoms with E-state index in [0.29, 0.717) is 40.1 Å². The van der Waals surface area contributed by atoms with Gasteiger partial charge < -0.3 is 14.4 Å². The van der Waals surface area contributed by atoms with E-state index in [1.54, 1.807) is 29.8 Å². The van der Waals surface area contributed by atoms with E-state index in [-0.39, 0.29) is 0 Å². The zero-order valence-corrected chi connectivity index (χ0v) is 17.4. The highest BCUT2D eigenvalue weighted by Crippen LogP contribution is 2.27. The van der Waals surface area contributed by atoms with Gasteiger partial charge in [-0.25, -0.2) is 0 Å². The smallest absolute Gasteiger partial charge is 0.155 e. The molecule has 0 unspecified atom stereocenters. The van der Waals surface area contributed by atoms with Crippen LogP contribution in [0.4, 0.5) is 0 Å². The summed E-state index contributed by atoms with van der Waals surface area (Å²) < 4.78 is 13.1. The molecule has 5 aromatic rings. The molecule has 31 heavy (non-hydrogen) atoms. The van der Waals surface area contributed by atoms with Gasteiger partial charge in [-0.15, -0.1) is 11.3 Å². The van der Waals surface area contributed by atoms with Crippen LogP contribution in [-0.4, -0.2) is 21.8 Å². The normalized spacial score (nSPS) is 11.9. The monoisotopic (exact) mass is 429 g/mol. The molecule has 0 atom stereocenters. The lowest BCUT2D eigenvalue weighted by Gasteiger charge is -2.08. The lowest BCUT2D eigenvalue weighted by atomic mass is 10.1. The second-order valence-electron chi connectivity index (χ2n) is 7.09. The number of hydrogen-bond acceptors (Lipinski definition) is 7. The fraction of sp³-hybridized carbons (Fsp3) is 0.125. The standard InChI is InChI=1S/C24H19N3O3S/c28-27-20-13-23(21-14-24-17(15-26-21)7-11-31-24)30-22-4-3-18(12-19(20)22)29-10-1-2-16-5-8-25-9-6-16/h3-9,11-15,28H,1-2,10H2. The molecule has 0 aliphatic carbocycles. The van der Waals surface area contributed by atoms with Gasteiger partial charge in [0.25, 0.3) is 0 Å². The highest BCUT2D eigenvalue weighted by Gasteiger charge is 2.10. The maximum Gasteiger partial charge on any atom is 0.155 e. The van der Waals surface area contributed by atoms with Crippen molar-refractivity contribution in [1.82, 2.24) is 9.97 Å². The Morgan fingerprint density at radius 2 is 1.97 bits per heavy atom. The van der Waals surface area contributed by atoms with E-state index in [4.69, 9.17) is 9.15 Å². The Kier molecular flexibility index (Phi) is 5.33. The van der Waals surface area contributed by atoms with E-state index in [1.165, 1.54) is 5.56 Å². The number of ether oxygens (including phenoxy) is 1. The van der Waals surface area contributed by atoms with E-state index in [0.717, 1.165) is 22.9 Å². The van der Waals surface area contributed by atoms with Gasteiger partial charge in [-0.2, -0.15) is 0 Å². The van der Waals surface area contributed by atoms with Crippen LogP contribution >= 0.6 is 11.3 Å². The molecule has 0 aliphatic heterocycles. The summed E-state index contributed by atoms with van der Waals surface area (Å²) in [6, 6.07) is 15.2. The van der Waals surface area contributed by atoms with Crippen molar-refractivity contribution in [2.75, 3.05) is 6.61 Å². The molecule has 0 bridgehead atoms. The summed E-state index contributed by atoms with van der Waals surface area (Å²) in [5, 5.41) is 17.3. The van der Waals surface area contributed by atoms with E-state index in [9.17, 15) is 5.21 Å². The predicted molar refractivity (Wildman–Crippen MR) is 120 cm³/mol. The number of fused-ring (bicyclic) bond motifs is 2. The molecule has 4 heterocycles. The van der Waals surface area contributed by atoms with Crippen LogP contribution in [0.25, 0.3) is 32.5 Å². The third kappa shape index (κ3) is 4.13. The third-order valence-corrected chi connectivity index (χ3v) is 5.92. The van der Waals surface area contributed by atoms with Gasteiger partial charge in [0.15, 0.2) is 5.76 Å². The van der Waals surface area contributed by atoms with Gasteiger partial charge in [-0.3, -0.25) is 9.97 Å². The van der Waals surface area contributed by atoms with E-state index in [1.807, 2.05) is 54.0 Å². The third-order valence-electron chi connectivity index (χ3n) is 5.04. The average molecular weight is 430 g/mol. The number of thiophene rings is 1. The van der Waals surface area contributed by atoms with Crippen molar-refractivity contribution in [3.8, 4) is 17.2 Å². The summed E-state index contributed by atoms with van der Waals surface area (Å²) in [7, 11) is 0. The summed E-state index contributed by atoms with van der Waals surface area (Å²) >= 11 is 1.65. The molecule has 1 aromatic carbocycles. The topological polar surface area (TPSA) is 80.7 Å². The minimum atomic E-state index is 0.409. The molecule has 0 saturated heterocycles. The minimum absolute atomic E-state index is 0.409. The Bertz CT molecular complexity index is 1410. The van der Waals surface area contributed by atoms with Crippen LogP contribution in [0.5, 0.6) is 5.75 Å². The highest BCUT2D eigenvalue weighted by molar-refractivity contribution is 7.17. The molecule has 0 saturated carbocycles. The highest BCUT2D eigenvalue weighted by atomic mass is 32.1. The van der Waals surface area contributed by atoms with Crippen molar-refractivity contribution in [2.24, 2.45) is 5.16 Å². The largest absolute Gasteiger partial charge is 0.494 e. The first kappa shape index (κ1) is 19.3. The van der Waals surface area contributed by atoms with Gasteiger partial charge >= 0.3 is 0 Å². The number of aryl methyl sites for hydroxylation is 1. The lowest BCUT2D eigenvalue weighted by Crippen LogP contribution is -2.05. The van der Waals surface area contributed by atoms with Crippen molar-refractivity contribution in [3.63, 3.8) is 0 Å². The molecule has 0 aliphatic rings. The van der Waals surface area contributed by atoms with Crippen LogP contribution in [0.3, 0.4) is 0 Å². The Morgan fingerprint density at radius 3 is 2.84 bits per heavy atom. The first-order valence-electron chi connectivity index (χ1n) is 9.91. The second-order valence-corrected chi connectivity index (χ2v) is 8.04. The number of benzene rings is 1. The first-order chi connectivity index (χ1) is 15.3. The summed E-state index contributed by atoms with van der Waals surface area (Å²) in [5.41, 5.74) is 2.53. The number of nitrogens with zero attached hydrogens (tertiary/aromatic N) is 3. The van der Waals surface area contributed by atoms with Gasteiger partial charge in [0, 0.05) is 34.7 Å². The zero-order chi connectivity index (χ0) is 21.0. The number of pyridine rings is 2. The molecule has 6 nitrogen and oxygen atoms in total. The fourth-order valence-electron chi connectivity index (χ4n) is 3.45. The number of aromatic nitrogens is 2. The Labute approximate surface area is 182 Å². The van der Waals surface area contributed by atoms with Crippen molar-refractivity contribution in [3.05, 3.63) is 83.4 Å². The van der Waals surface area contributed by atoms with Gasteiger partial charge in [0.2, 0.25) is 0 Å². The van der Waals surface area contributed by atoms with Gasteiger partial charge in [0.05, 0.1) is 12.0 Å². The summed E-state index contributed by atoms with van der Waals surface area (Å²) in [5.74, 6) is 1.25. The van der Waals surface area contributed by atoms with E-state index in [2.05, 4.69) is 15.1 Å². The zero-order valence-electron chi connectivity index (χ0n) is 16.6. The van der Waals surface area contributed by atoms with Crippen molar-refractivity contribution >= 4 is 32.4 Å². The van der Waals surface area contributed by atoms with Crippen molar-refractivity contribution in [2.45, 2.75) is 12.8 Å². The van der Waals surface area contributed by atoms with Crippen molar-refractivity contribution in [1.29, 1.82) is 0 Å². The molecule has 5 rings (SSSR count). The molecule has 0 amide bonds. The SMILES string of the molecule is ON=c1cc(-c2cc3sccc3cn2)oc2ccc(OCCCc3ccncc3)cc12.